The van der Waals surface area contributed by atoms with Crippen LogP contribution in [0.3, 0.4) is 0 Å². The molecule has 15 heteroatoms. The lowest BCUT2D eigenvalue weighted by atomic mass is 10.4. The standard InChI is InChI=1S/C9H14O4.C6H10O4.C6H12O3.C4H6O2.C3H6O.CH4O.3CH4/c1-4-8(10)11-5-7-6-12-9(2,3)13-7;1-2-6(9)10-4-5(8)3-7;1-6(2)8-4-5(3-7)9-6;1-3-4(5)6-2;1-3(2)4;1-2;;;/h4,7H,1,5-6H2,2-3H3;2,5,7-8H,1,3-4H2;5,7H,3-4H2,1-2H3;3H,1H2,2H3;1-2H3;2H,1H3;3*1H4/p+1. The lowest BCUT2D eigenvalue weighted by molar-refractivity contribution is -0.154. The zero-order chi connectivity index (χ0) is 35.4. The number of carbonyl (C=O) groups excluding carboxylic acids is 4. The molecule has 2 heterocycles. The number of aliphatic hydroxyl groups excluding tert-OH is 4. The van der Waals surface area contributed by atoms with Crippen molar-refractivity contribution in [1.82, 2.24) is 0 Å². The van der Waals surface area contributed by atoms with Gasteiger partial charge in [-0.15, -0.1) is 0 Å². The first-order chi connectivity index (χ1) is 20.4. The van der Waals surface area contributed by atoms with Crippen molar-refractivity contribution in [3.05, 3.63) is 38.0 Å². The maximum atomic E-state index is 10.7. The molecule has 0 aromatic heterocycles. The molecule has 47 heavy (non-hydrogen) atoms. The van der Waals surface area contributed by atoms with Gasteiger partial charge in [-0.05, 0) is 41.5 Å². The fourth-order valence-electron chi connectivity index (χ4n) is 2.31. The third-order valence-corrected chi connectivity index (χ3v) is 4.08. The van der Waals surface area contributed by atoms with E-state index in [2.05, 4.69) is 29.2 Å². The lowest BCUT2D eigenvalue weighted by Crippen LogP contribution is -2.24. The van der Waals surface area contributed by atoms with Crippen LogP contribution in [0.25, 0.3) is 0 Å². The van der Waals surface area contributed by atoms with Crippen LogP contribution in [0.15, 0.2) is 38.0 Å². The average Bonchev–Trinajstić information content (AvgIpc) is 3.54. The molecule has 282 valence electrons. The van der Waals surface area contributed by atoms with Gasteiger partial charge in [0.05, 0.1) is 33.5 Å². The van der Waals surface area contributed by atoms with Gasteiger partial charge in [-0.1, -0.05) is 42.0 Å². The molecule has 0 aromatic rings. The number of methoxy groups -OCH3 is 1. The van der Waals surface area contributed by atoms with E-state index in [1.165, 1.54) is 21.0 Å². The molecule has 0 aromatic carbocycles. The molecular weight excluding hydrogens is 624 g/mol. The van der Waals surface area contributed by atoms with Crippen LogP contribution in [0.4, 0.5) is 0 Å². The molecule has 3 unspecified atom stereocenters. The van der Waals surface area contributed by atoms with E-state index in [9.17, 15) is 19.2 Å². The summed E-state index contributed by atoms with van der Waals surface area (Å²) in [6.45, 7) is 20.6. The van der Waals surface area contributed by atoms with E-state index in [1.54, 1.807) is 0 Å². The van der Waals surface area contributed by atoms with E-state index in [0.29, 0.717) is 13.2 Å². The number of esters is 3. The summed E-state index contributed by atoms with van der Waals surface area (Å²) in [6.07, 6.45) is 1.94. The quantitative estimate of drug-likeness (QED) is 0.156. The molecule has 2 saturated heterocycles. The van der Waals surface area contributed by atoms with Crippen LogP contribution >= 0.6 is 0 Å². The number of carbonyl (C=O) groups is 4. The molecule has 2 aliphatic rings. The fraction of sp³-hybridized carbons (Fsp3) is 0.688. The van der Waals surface area contributed by atoms with Crippen molar-refractivity contribution in [1.29, 1.82) is 0 Å². The van der Waals surface area contributed by atoms with Gasteiger partial charge in [0, 0.05) is 25.3 Å². The third-order valence-electron chi connectivity index (χ3n) is 4.08. The highest BCUT2D eigenvalue weighted by Gasteiger charge is 2.33. The Morgan fingerprint density at radius 3 is 1.40 bits per heavy atom. The van der Waals surface area contributed by atoms with Gasteiger partial charge in [0.15, 0.2) is 11.6 Å². The molecule has 2 fully saturated rings. The number of ether oxygens (including phenoxy) is 7. The molecule has 0 amide bonds. The zero-order valence-corrected chi connectivity index (χ0v) is 27.1. The molecule has 0 radical (unpaired) electrons. The van der Waals surface area contributed by atoms with Crippen LogP contribution in [0.2, 0.25) is 0 Å². The Labute approximate surface area is 283 Å². The van der Waals surface area contributed by atoms with Gasteiger partial charge in [-0.25, -0.2) is 14.4 Å². The molecule has 15 nitrogen and oxygen atoms in total. The summed E-state index contributed by atoms with van der Waals surface area (Å²) < 4.78 is 34.4. The second-order valence-corrected chi connectivity index (χ2v) is 9.22. The van der Waals surface area contributed by atoms with Crippen LogP contribution in [-0.4, -0.2) is 128 Å². The van der Waals surface area contributed by atoms with Crippen LogP contribution in [-0.2, 0) is 52.3 Å². The molecule has 0 bridgehead atoms. The summed E-state index contributed by atoms with van der Waals surface area (Å²) in [5.41, 5.74) is 0. The van der Waals surface area contributed by atoms with Crippen molar-refractivity contribution in [3.8, 4) is 0 Å². The summed E-state index contributed by atoms with van der Waals surface area (Å²) in [6, 6.07) is 0. The average molecular weight is 690 g/mol. The number of hydrogen-bond donors (Lipinski definition) is 4. The second kappa shape index (κ2) is 35.8. The van der Waals surface area contributed by atoms with Crippen molar-refractivity contribution in [2.75, 3.05) is 53.9 Å². The maximum Gasteiger partial charge on any atom is 1.00 e. The van der Waals surface area contributed by atoms with E-state index in [4.69, 9.17) is 44.1 Å². The van der Waals surface area contributed by atoms with E-state index >= 15 is 0 Å². The molecule has 3 atom stereocenters. The van der Waals surface area contributed by atoms with Crippen LogP contribution in [0, 0.1) is 0 Å². The summed E-state index contributed by atoms with van der Waals surface area (Å²) in [4.78, 5) is 40.3. The van der Waals surface area contributed by atoms with E-state index in [-0.39, 0.29) is 61.5 Å². The highest BCUT2D eigenvalue weighted by molar-refractivity contribution is 5.81. The highest BCUT2D eigenvalue weighted by atomic mass is 16.8. The largest absolute Gasteiger partial charge is 1.00 e. The normalized spacial score (nSPS) is 17.5. The number of ketones is 1. The maximum absolute atomic E-state index is 10.7. The molecule has 4 N–H and O–H groups in total. The molecule has 2 rings (SSSR count). The van der Waals surface area contributed by atoms with E-state index < -0.39 is 42.2 Å². The Kier molecular flexibility index (Phi) is 45.3. The van der Waals surface area contributed by atoms with Crippen LogP contribution in [0.1, 0.15) is 65.2 Å². The van der Waals surface area contributed by atoms with Gasteiger partial charge in [0.2, 0.25) is 0 Å². The number of aliphatic hydroxyl groups is 4. The Morgan fingerprint density at radius 1 is 0.809 bits per heavy atom. The van der Waals surface area contributed by atoms with E-state index in [1.807, 2.05) is 27.7 Å². The first kappa shape index (κ1) is 59.4. The molecule has 0 saturated carbocycles. The van der Waals surface area contributed by atoms with Crippen LogP contribution < -0.4 is 0 Å². The number of rotatable bonds is 9. The van der Waals surface area contributed by atoms with Gasteiger partial charge in [-0.2, -0.15) is 0 Å². The first-order valence-electron chi connectivity index (χ1n) is 13.2. The minimum absolute atomic E-state index is 0. The van der Waals surface area contributed by atoms with Crippen molar-refractivity contribution in [2.45, 2.75) is 93.7 Å². The Bertz CT molecular complexity index is 828. The number of Topliss-reactive ketones (excluding diaryl/α,β-unsaturated/α-hetero) is 1. The molecule has 0 spiro atoms. The van der Waals surface area contributed by atoms with E-state index in [0.717, 1.165) is 25.3 Å². The Balaban J connectivity index is -0.0000000699. The van der Waals surface area contributed by atoms with Gasteiger partial charge in [0.1, 0.15) is 37.3 Å². The summed E-state index contributed by atoms with van der Waals surface area (Å²) in [5, 5.41) is 32.5. The minimum atomic E-state index is -0.996. The predicted octanol–water partition coefficient (Wildman–Crippen LogP) is 2.64. The van der Waals surface area contributed by atoms with Crippen molar-refractivity contribution >= 4 is 23.7 Å². The van der Waals surface area contributed by atoms with Gasteiger partial charge >= 0.3 is 19.3 Å². The SMILES string of the molecule is C.C.C.C=CC(=O)OC.C=CC(=O)OCC(O)CO.C=CC(=O)OCC1COC(C)(C)O1.CC(C)=O.CC1(C)OCC(CO)O1.CO.[H+]. The Hall–Kier alpha value is -3.02. The second-order valence-electron chi connectivity index (χ2n) is 9.22. The van der Waals surface area contributed by atoms with Gasteiger partial charge in [-0.3, -0.25) is 0 Å². The third kappa shape index (κ3) is 43.0. The first-order valence-corrected chi connectivity index (χ1v) is 13.2. The Morgan fingerprint density at radius 2 is 1.17 bits per heavy atom. The highest BCUT2D eigenvalue weighted by Crippen LogP contribution is 2.22. The molecular formula is C32H65O15+. The zero-order valence-electron chi connectivity index (χ0n) is 28.1. The summed E-state index contributed by atoms with van der Waals surface area (Å²) >= 11 is 0. The summed E-state index contributed by atoms with van der Waals surface area (Å²) in [5.74, 6) is -2.32. The van der Waals surface area contributed by atoms with Crippen molar-refractivity contribution in [3.63, 3.8) is 0 Å². The molecule has 0 aliphatic carbocycles. The van der Waals surface area contributed by atoms with Gasteiger partial charge < -0.3 is 58.4 Å². The fourth-order valence-corrected chi connectivity index (χ4v) is 2.31. The van der Waals surface area contributed by atoms with Crippen molar-refractivity contribution < 1.29 is 74.2 Å². The predicted molar refractivity (Wildman–Crippen MR) is 180 cm³/mol. The van der Waals surface area contributed by atoms with Crippen LogP contribution in [0.5, 0.6) is 0 Å². The topological polar surface area (TPSA) is 214 Å². The monoisotopic (exact) mass is 689 g/mol. The summed E-state index contributed by atoms with van der Waals surface area (Å²) in [7, 11) is 2.31. The number of hydrogen-bond acceptors (Lipinski definition) is 15. The van der Waals surface area contributed by atoms with Gasteiger partial charge in [0.25, 0.3) is 0 Å². The molecule has 2 aliphatic heterocycles. The van der Waals surface area contributed by atoms with Crippen molar-refractivity contribution in [2.24, 2.45) is 0 Å². The minimum Gasteiger partial charge on any atom is -0.466 e. The smallest absolute Gasteiger partial charge is 0.466 e. The lowest BCUT2D eigenvalue weighted by Gasteiger charge is -2.16.